The average Bonchev–Trinajstić information content (AvgIpc) is 2.64. The van der Waals surface area contributed by atoms with Crippen LogP contribution in [0, 0.1) is 5.92 Å². The van der Waals surface area contributed by atoms with Gasteiger partial charge in [-0.15, -0.1) is 0 Å². The molecule has 0 heterocycles. The van der Waals surface area contributed by atoms with E-state index in [4.69, 9.17) is 10.8 Å². The number of aliphatic hydroxyl groups excluding tert-OH is 1. The molecule has 1 fully saturated rings. The fraction of sp³-hybridized carbons (Fsp3) is 0.875. The highest BCUT2D eigenvalue weighted by atomic mass is 16.3. The van der Waals surface area contributed by atoms with Gasteiger partial charge in [-0.05, 0) is 13.3 Å². The lowest BCUT2D eigenvalue weighted by molar-refractivity contribution is -0.132. The first-order valence-electron chi connectivity index (χ1n) is 4.21. The fourth-order valence-corrected chi connectivity index (χ4v) is 1.27. The summed E-state index contributed by atoms with van der Waals surface area (Å²) in [6.07, 6.45) is 0.331. The SMILES string of the molecule is CC(O)CN(C)C(=O)C1CC1N. The van der Waals surface area contributed by atoms with Crippen LogP contribution in [0.4, 0.5) is 0 Å². The lowest BCUT2D eigenvalue weighted by Gasteiger charge is -2.18. The highest BCUT2D eigenvalue weighted by Gasteiger charge is 2.41. The van der Waals surface area contributed by atoms with Gasteiger partial charge in [0, 0.05) is 19.6 Å². The molecule has 1 amide bonds. The molecule has 0 aliphatic heterocycles. The predicted molar refractivity (Wildman–Crippen MR) is 45.4 cm³/mol. The van der Waals surface area contributed by atoms with Crippen LogP contribution in [0.5, 0.6) is 0 Å². The molecule has 0 aromatic heterocycles. The van der Waals surface area contributed by atoms with Crippen molar-refractivity contribution < 1.29 is 9.90 Å². The van der Waals surface area contributed by atoms with Gasteiger partial charge in [0.2, 0.25) is 5.91 Å². The Bertz CT molecular complexity index is 182. The highest BCUT2D eigenvalue weighted by molar-refractivity contribution is 5.82. The van der Waals surface area contributed by atoms with E-state index in [0.717, 1.165) is 6.42 Å². The smallest absolute Gasteiger partial charge is 0.227 e. The molecule has 1 aliphatic rings. The topological polar surface area (TPSA) is 66.6 Å². The van der Waals surface area contributed by atoms with E-state index >= 15 is 0 Å². The summed E-state index contributed by atoms with van der Waals surface area (Å²) in [5.74, 6) is 0.0668. The maximum atomic E-state index is 11.4. The minimum absolute atomic E-state index is 0.00810. The summed E-state index contributed by atoms with van der Waals surface area (Å²) in [7, 11) is 1.69. The standard InChI is InChI=1S/C8H16N2O2/c1-5(11)4-10(2)8(12)6-3-7(6)9/h5-7,11H,3-4,9H2,1-2H3. The molecule has 0 aromatic rings. The van der Waals surface area contributed by atoms with Crippen molar-refractivity contribution in [3.8, 4) is 0 Å². The van der Waals surface area contributed by atoms with E-state index in [1.807, 2.05) is 0 Å². The van der Waals surface area contributed by atoms with Gasteiger partial charge in [0.25, 0.3) is 0 Å². The minimum atomic E-state index is -0.464. The number of carbonyl (C=O) groups is 1. The normalized spacial score (nSPS) is 29.7. The monoisotopic (exact) mass is 172 g/mol. The minimum Gasteiger partial charge on any atom is -0.392 e. The van der Waals surface area contributed by atoms with E-state index in [1.165, 1.54) is 0 Å². The number of likely N-dealkylation sites (N-methyl/N-ethyl adjacent to an activating group) is 1. The number of carbonyl (C=O) groups excluding carboxylic acids is 1. The second-order valence-electron chi connectivity index (χ2n) is 3.57. The Kier molecular flexibility index (Phi) is 2.69. The molecule has 4 heteroatoms. The summed E-state index contributed by atoms with van der Waals surface area (Å²) in [6, 6.07) is 0.0500. The Morgan fingerprint density at radius 2 is 2.33 bits per heavy atom. The van der Waals surface area contributed by atoms with E-state index in [2.05, 4.69) is 0 Å². The number of hydrogen-bond acceptors (Lipinski definition) is 3. The largest absolute Gasteiger partial charge is 0.392 e. The summed E-state index contributed by atoms with van der Waals surface area (Å²) in [6.45, 7) is 2.05. The Morgan fingerprint density at radius 3 is 2.67 bits per heavy atom. The quantitative estimate of drug-likeness (QED) is 0.584. The van der Waals surface area contributed by atoms with Crippen LogP contribution in [0.2, 0.25) is 0 Å². The van der Waals surface area contributed by atoms with Crippen LogP contribution in [0.1, 0.15) is 13.3 Å². The third-order valence-electron chi connectivity index (χ3n) is 2.07. The second kappa shape index (κ2) is 3.41. The fourth-order valence-electron chi connectivity index (χ4n) is 1.27. The maximum absolute atomic E-state index is 11.4. The Balaban J connectivity index is 2.32. The van der Waals surface area contributed by atoms with E-state index in [9.17, 15) is 4.79 Å². The molecule has 3 N–H and O–H groups in total. The first kappa shape index (κ1) is 9.48. The van der Waals surface area contributed by atoms with Crippen LogP contribution in [-0.2, 0) is 4.79 Å². The summed E-state index contributed by atoms with van der Waals surface area (Å²) >= 11 is 0. The molecule has 3 unspecified atom stereocenters. The lowest BCUT2D eigenvalue weighted by Crippen LogP contribution is -2.35. The molecular weight excluding hydrogens is 156 g/mol. The van der Waals surface area contributed by atoms with Crippen LogP contribution in [0.25, 0.3) is 0 Å². The van der Waals surface area contributed by atoms with Gasteiger partial charge in [-0.1, -0.05) is 0 Å². The van der Waals surface area contributed by atoms with Crippen molar-refractivity contribution in [2.24, 2.45) is 11.7 Å². The van der Waals surface area contributed by atoms with Crippen LogP contribution in [0.3, 0.4) is 0 Å². The van der Waals surface area contributed by atoms with Gasteiger partial charge in [-0.25, -0.2) is 0 Å². The Morgan fingerprint density at radius 1 is 1.83 bits per heavy atom. The molecule has 1 saturated carbocycles. The van der Waals surface area contributed by atoms with E-state index in [0.29, 0.717) is 6.54 Å². The summed E-state index contributed by atoms with van der Waals surface area (Å²) in [5.41, 5.74) is 5.53. The Labute approximate surface area is 72.3 Å². The molecule has 1 rings (SSSR count). The van der Waals surface area contributed by atoms with Crippen molar-refractivity contribution in [2.45, 2.75) is 25.5 Å². The maximum Gasteiger partial charge on any atom is 0.227 e. The van der Waals surface area contributed by atoms with Crippen molar-refractivity contribution in [2.75, 3.05) is 13.6 Å². The zero-order valence-corrected chi connectivity index (χ0v) is 7.53. The second-order valence-corrected chi connectivity index (χ2v) is 3.57. The number of hydrogen-bond donors (Lipinski definition) is 2. The van der Waals surface area contributed by atoms with Gasteiger partial charge in [0.15, 0.2) is 0 Å². The Hall–Kier alpha value is -0.610. The van der Waals surface area contributed by atoms with E-state index < -0.39 is 6.10 Å². The van der Waals surface area contributed by atoms with Gasteiger partial charge >= 0.3 is 0 Å². The number of rotatable bonds is 3. The van der Waals surface area contributed by atoms with E-state index in [-0.39, 0.29) is 17.9 Å². The van der Waals surface area contributed by atoms with Crippen LogP contribution >= 0.6 is 0 Å². The van der Waals surface area contributed by atoms with Crippen molar-refractivity contribution in [3.05, 3.63) is 0 Å². The molecular formula is C8H16N2O2. The third-order valence-corrected chi connectivity index (χ3v) is 2.07. The molecule has 0 aromatic carbocycles. The van der Waals surface area contributed by atoms with E-state index in [1.54, 1.807) is 18.9 Å². The molecule has 0 saturated heterocycles. The molecule has 70 valence electrons. The van der Waals surface area contributed by atoms with Crippen molar-refractivity contribution in [1.29, 1.82) is 0 Å². The van der Waals surface area contributed by atoms with Crippen molar-refractivity contribution in [3.63, 3.8) is 0 Å². The molecule has 0 bridgehead atoms. The molecule has 4 nitrogen and oxygen atoms in total. The molecule has 0 radical (unpaired) electrons. The predicted octanol–water partition coefficient (Wildman–Crippen LogP) is -0.827. The summed E-state index contributed by atoms with van der Waals surface area (Å²) in [5, 5.41) is 9.01. The average molecular weight is 172 g/mol. The van der Waals surface area contributed by atoms with Crippen molar-refractivity contribution in [1.82, 2.24) is 4.90 Å². The van der Waals surface area contributed by atoms with Crippen molar-refractivity contribution >= 4 is 5.91 Å². The number of nitrogens with zero attached hydrogens (tertiary/aromatic N) is 1. The number of nitrogens with two attached hydrogens (primary N) is 1. The highest BCUT2D eigenvalue weighted by Crippen LogP contribution is 2.29. The molecule has 0 spiro atoms. The summed E-state index contributed by atoms with van der Waals surface area (Å²) < 4.78 is 0. The zero-order chi connectivity index (χ0) is 9.30. The van der Waals surface area contributed by atoms with Gasteiger partial charge < -0.3 is 15.7 Å². The zero-order valence-electron chi connectivity index (χ0n) is 7.53. The first-order valence-corrected chi connectivity index (χ1v) is 4.21. The van der Waals surface area contributed by atoms with Gasteiger partial charge in [0.05, 0.1) is 12.0 Å². The van der Waals surface area contributed by atoms with Gasteiger partial charge in [0.1, 0.15) is 0 Å². The lowest BCUT2D eigenvalue weighted by atomic mass is 10.3. The first-order chi connectivity index (χ1) is 5.52. The summed E-state index contributed by atoms with van der Waals surface area (Å²) in [4.78, 5) is 12.9. The number of aliphatic hydroxyl groups is 1. The van der Waals surface area contributed by atoms with Gasteiger partial charge in [-0.3, -0.25) is 4.79 Å². The number of amides is 1. The van der Waals surface area contributed by atoms with Crippen LogP contribution in [0.15, 0.2) is 0 Å². The molecule has 12 heavy (non-hydrogen) atoms. The van der Waals surface area contributed by atoms with Crippen LogP contribution < -0.4 is 5.73 Å². The van der Waals surface area contributed by atoms with Gasteiger partial charge in [-0.2, -0.15) is 0 Å². The molecule has 1 aliphatic carbocycles. The van der Waals surface area contributed by atoms with Crippen LogP contribution in [-0.4, -0.2) is 41.7 Å². The molecule has 3 atom stereocenters. The third kappa shape index (κ3) is 2.19.